The highest BCUT2D eigenvalue weighted by molar-refractivity contribution is 14.0. The maximum Gasteiger partial charge on any atom is 0.223 e. The summed E-state index contributed by atoms with van der Waals surface area (Å²) in [4.78, 5) is 18.8. The van der Waals surface area contributed by atoms with Gasteiger partial charge in [-0.1, -0.05) is 0 Å². The molecule has 0 unspecified atom stereocenters. The minimum atomic E-state index is -0.239. The number of rotatable bonds is 7. The zero-order valence-electron chi connectivity index (χ0n) is 14.8. The van der Waals surface area contributed by atoms with Gasteiger partial charge in [-0.05, 0) is 43.0 Å². The van der Waals surface area contributed by atoms with Gasteiger partial charge in [0.1, 0.15) is 5.82 Å². The van der Waals surface area contributed by atoms with E-state index in [2.05, 4.69) is 25.9 Å². The molecular weight excluding hydrogens is 448 g/mol. The highest BCUT2D eigenvalue weighted by Gasteiger charge is 2.28. The Morgan fingerprint density at radius 1 is 1.23 bits per heavy atom. The van der Waals surface area contributed by atoms with Crippen molar-refractivity contribution in [1.82, 2.24) is 20.9 Å². The van der Waals surface area contributed by atoms with Crippen molar-refractivity contribution in [3.05, 3.63) is 35.8 Å². The molecule has 26 heavy (non-hydrogen) atoms. The predicted octanol–water partition coefficient (Wildman–Crippen LogP) is 2.16. The first-order chi connectivity index (χ1) is 12.2. The van der Waals surface area contributed by atoms with E-state index in [1.54, 1.807) is 13.1 Å². The molecule has 3 rings (SSSR count). The van der Waals surface area contributed by atoms with Crippen LogP contribution in [0.4, 0.5) is 4.39 Å². The predicted molar refractivity (Wildman–Crippen MR) is 112 cm³/mol. The lowest BCUT2D eigenvalue weighted by atomic mass is 10.1. The molecule has 1 amide bonds. The van der Waals surface area contributed by atoms with Gasteiger partial charge in [-0.15, -0.1) is 24.0 Å². The molecule has 0 spiro atoms. The maximum absolute atomic E-state index is 13.2. The Bertz CT molecular complexity index is 772. The fraction of sp³-hybridized carbons (Fsp3) is 0.444. The van der Waals surface area contributed by atoms with E-state index in [9.17, 15) is 9.18 Å². The van der Waals surface area contributed by atoms with E-state index in [-0.39, 0.29) is 41.6 Å². The van der Waals surface area contributed by atoms with Crippen LogP contribution in [-0.4, -0.2) is 43.5 Å². The third-order valence-corrected chi connectivity index (χ3v) is 4.30. The van der Waals surface area contributed by atoms with Gasteiger partial charge in [0.25, 0.3) is 0 Å². The molecule has 4 N–H and O–H groups in total. The number of guanidine groups is 1. The number of aromatic amines is 1. The van der Waals surface area contributed by atoms with E-state index in [0.29, 0.717) is 25.6 Å². The molecule has 1 aromatic carbocycles. The molecule has 0 radical (unpaired) electrons. The first-order valence-corrected chi connectivity index (χ1v) is 8.65. The molecular formula is C18H25FIN5O. The Morgan fingerprint density at radius 2 is 1.96 bits per heavy atom. The van der Waals surface area contributed by atoms with Crippen LogP contribution in [0.2, 0.25) is 0 Å². The highest BCUT2D eigenvalue weighted by atomic mass is 127. The zero-order chi connectivity index (χ0) is 17.6. The summed E-state index contributed by atoms with van der Waals surface area (Å²) in [5.74, 6) is 0.853. The molecule has 1 aliphatic carbocycles. The van der Waals surface area contributed by atoms with Crippen molar-refractivity contribution < 1.29 is 9.18 Å². The standard InChI is InChI=1S/C18H24FN5O.HI/c1-20-18(23-9-8-21-17(25)12-2-3-12)22-7-6-13-11-24-16-10-14(19)4-5-15(13)16;/h4-5,10-12,24H,2-3,6-9H2,1H3,(H,21,25)(H2,20,22,23);1H. The molecule has 1 aliphatic rings. The minimum Gasteiger partial charge on any atom is -0.361 e. The number of fused-ring (bicyclic) bond motifs is 1. The van der Waals surface area contributed by atoms with Crippen molar-refractivity contribution >= 4 is 46.7 Å². The number of hydrogen-bond acceptors (Lipinski definition) is 2. The van der Waals surface area contributed by atoms with Gasteiger partial charge < -0.3 is 20.9 Å². The quantitative estimate of drug-likeness (QED) is 0.215. The second kappa shape index (κ2) is 9.75. The summed E-state index contributed by atoms with van der Waals surface area (Å²) in [6.07, 6.45) is 4.74. The molecule has 6 nitrogen and oxygen atoms in total. The molecule has 0 saturated heterocycles. The van der Waals surface area contributed by atoms with Crippen LogP contribution < -0.4 is 16.0 Å². The van der Waals surface area contributed by atoms with Gasteiger partial charge in [-0.25, -0.2) is 4.39 Å². The SMILES string of the molecule is CN=C(NCCNC(=O)C1CC1)NCCc1c[nH]c2cc(F)ccc12.I. The van der Waals surface area contributed by atoms with Gasteiger partial charge in [0.15, 0.2) is 5.96 Å². The third kappa shape index (κ3) is 5.58. The molecule has 1 fully saturated rings. The van der Waals surface area contributed by atoms with Crippen LogP contribution in [-0.2, 0) is 11.2 Å². The monoisotopic (exact) mass is 473 g/mol. The lowest BCUT2D eigenvalue weighted by molar-refractivity contribution is -0.122. The Labute approximate surface area is 169 Å². The van der Waals surface area contributed by atoms with Gasteiger partial charge in [-0.3, -0.25) is 9.79 Å². The van der Waals surface area contributed by atoms with Gasteiger partial charge in [-0.2, -0.15) is 0 Å². The van der Waals surface area contributed by atoms with Crippen LogP contribution in [0.1, 0.15) is 18.4 Å². The molecule has 1 aromatic heterocycles. The van der Waals surface area contributed by atoms with Crippen molar-refractivity contribution in [3.8, 4) is 0 Å². The largest absolute Gasteiger partial charge is 0.361 e. The second-order valence-electron chi connectivity index (χ2n) is 6.24. The molecule has 142 valence electrons. The van der Waals surface area contributed by atoms with Gasteiger partial charge >= 0.3 is 0 Å². The molecule has 0 atom stereocenters. The van der Waals surface area contributed by atoms with Crippen molar-refractivity contribution in [2.45, 2.75) is 19.3 Å². The normalized spacial score (nSPS) is 14.0. The summed E-state index contributed by atoms with van der Waals surface area (Å²) in [7, 11) is 1.71. The Hall–Kier alpha value is -1.84. The lowest BCUT2D eigenvalue weighted by Gasteiger charge is -2.12. The topological polar surface area (TPSA) is 81.3 Å². The summed E-state index contributed by atoms with van der Waals surface area (Å²) >= 11 is 0. The number of carbonyl (C=O) groups excluding carboxylic acids is 1. The van der Waals surface area contributed by atoms with E-state index in [4.69, 9.17) is 0 Å². The van der Waals surface area contributed by atoms with E-state index < -0.39 is 0 Å². The number of amides is 1. The molecule has 2 aromatic rings. The maximum atomic E-state index is 13.2. The number of nitrogens with one attached hydrogen (secondary N) is 4. The van der Waals surface area contributed by atoms with Crippen LogP contribution in [0.5, 0.6) is 0 Å². The molecule has 0 aliphatic heterocycles. The van der Waals surface area contributed by atoms with Crippen LogP contribution >= 0.6 is 24.0 Å². The van der Waals surface area contributed by atoms with E-state index in [0.717, 1.165) is 35.7 Å². The van der Waals surface area contributed by atoms with E-state index in [1.165, 1.54) is 12.1 Å². The Kier molecular flexibility index (Phi) is 7.67. The van der Waals surface area contributed by atoms with E-state index in [1.807, 2.05) is 6.20 Å². The molecule has 8 heteroatoms. The Morgan fingerprint density at radius 3 is 2.69 bits per heavy atom. The number of hydrogen-bond donors (Lipinski definition) is 4. The van der Waals surface area contributed by atoms with Gasteiger partial charge in [0, 0.05) is 49.7 Å². The van der Waals surface area contributed by atoms with Crippen LogP contribution in [0.15, 0.2) is 29.4 Å². The highest BCUT2D eigenvalue weighted by Crippen LogP contribution is 2.28. The van der Waals surface area contributed by atoms with Crippen LogP contribution in [0.25, 0.3) is 10.9 Å². The first-order valence-electron chi connectivity index (χ1n) is 8.65. The van der Waals surface area contributed by atoms with Crippen molar-refractivity contribution in [1.29, 1.82) is 0 Å². The smallest absolute Gasteiger partial charge is 0.223 e. The summed E-state index contributed by atoms with van der Waals surface area (Å²) < 4.78 is 13.2. The minimum absolute atomic E-state index is 0. The fourth-order valence-corrected chi connectivity index (χ4v) is 2.76. The van der Waals surface area contributed by atoms with Crippen LogP contribution in [0.3, 0.4) is 0 Å². The second-order valence-corrected chi connectivity index (χ2v) is 6.24. The number of benzene rings is 1. The number of aromatic nitrogens is 1. The number of aliphatic imine (C=N–C) groups is 1. The van der Waals surface area contributed by atoms with Crippen molar-refractivity contribution in [3.63, 3.8) is 0 Å². The lowest BCUT2D eigenvalue weighted by Crippen LogP contribution is -2.42. The number of nitrogens with zero attached hydrogens (tertiary/aromatic N) is 1. The first kappa shape index (κ1) is 20.5. The van der Waals surface area contributed by atoms with Gasteiger partial charge in [0.2, 0.25) is 5.91 Å². The van der Waals surface area contributed by atoms with Crippen molar-refractivity contribution in [2.75, 3.05) is 26.7 Å². The third-order valence-electron chi connectivity index (χ3n) is 4.30. The number of halogens is 2. The van der Waals surface area contributed by atoms with E-state index >= 15 is 0 Å². The average Bonchev–Trinajstić information content (AvgIpc) is 3.39. The summed E-state index contributed by atoms with van der Waals surface area (Å²) in [6.45, 7) is 1.92. The molecule has 1 heterocycles. The van der Waals surface area contributed by atoms with Gasteiger partial charge in [0.05, 0.1) is 0 Å². The Balaban J connectivity index is 0.00000243. The molecule has 1 saturated carbocycles. The zero-order valence-corrected chi connectivity index (χ0v) is 17.1. The van der Waals surface area contributed by atoms with Crippen molar-refractivity contribution in [2.24, 2.45) is 10.9 Å². The van der Waals surface area contributed by atoms with Crippen LogP contribution in [0, 0.1) is 11.7 Å². The number of H-pyrrole nitrogens is 1. The summed E-state index contributed by atoms with van der Waals surface area (Å²) in [6, 6.07) is 4.78. The molecule has 0 bridgehead atoms. The fourth-order valence-electron chi connectivity index (χ4n) is 2.76. The number of carbonyl (C=O) groups is 1. The summed E-state index contributed by atoms with van der Waals surface area (Å²) in [5.41, 5.74) is 1.94. The average molecular weight is 473 g/mol. The summed E-state index contributed by atoms with van der Waals surface area (Å²) in [5, 5.41) is 10.4.